The molecule has 0 saturated carbocycles. The van der Waals surface area contributed by atoms with Crippen LogP contribution in [0.1, 0.15) is 103 Å². The second kappa shape index (κ2) is 18.5. The van der Waals surface area contributed by atoms with Gasteiger partial charge in [0.25, 0.3) is 6.47 Å². The average molecular weight is 780 g/mol. The number of carbonyl (C=O) groups is 2. The van der Waals surface area contributed by atoms with Gasteiger partial charge in [0.05, 0.1) is 23.6 Å². The highest BCUT2D eigenvalue weighted by Gasteiger charge is 2.31. The molecule has 0 spiro atoms. The van der Waals surface area contributed by atoms with Gasteiger partial charge in [-0.3, -0.25) is 14.5 Å². The highest BCUT2D eigenvalue weighted by atomic mass is 16.5. The summed E-state index contributed by atoms with van der Waals surface area (Å²) >= 11 is 0. The quantitative estimate of drug-likeness (QED) is 0.107. The van der Waals surface area contributed by atoms with Gasteiger partial charge in [-0.25, -0.2) is 9.48 Å². The maximum Gasteiger partial charge on any atom is 0.320 e. The third-order valence-corrected chi connectivity index (χ3v) is 10.8. The first kappa shape index (κ1) is 41.0. The number of fused-ring (bicyclic) bond motifs is 2. The highest BCUT2D eigenvalue weighted by molar-refractivity contribution is 5.89. The SMILES string of the molecule is CCN(CC)CCOc1cccc(-n2nc(C(C)(C)C)cc2NC(=O)N[C@H]2CC[C@@H](Oc3ccc4nnc(N5CCCC[C@@H]5C)n4c3)c3ccccc32)c1.O=CO. The molecule has 3 atom stereocenters. The summed E-state index contributed by atoms with van der Waals surface area (Å²) in [5.41, 5.74) is 4.38. The zero-order chi connectivity index (χ0) is 40.5. The van der Waals surface area contributed by atoms with Crippen molar-refractivity contribution < 1.29 is 24.2 Å². The van der Waals surface area contributed by atoms with E-state index in [1.54, 1.807) is 4.68 Å². The Balaban J connectivity index is 0.00000177. The van der Waals surface area contributed by atoms with Crippen molar-refractivity contribution in [2.24, 2.45) is 0 Å². The van der Waals surface area contributed by atoms with E-state index < -0.39 is 0 Å². The van der Waals surface area contributed by atoms with Crippen LogP contribution in [0.5, 0.6) is 11.5 Å². The van der Waals surface area contributed by atoms with Crippen LogP contribution in [-0.2, 0) is 10.2 Å². The predicted octanol–water partition coefficient (Wildman–Crippen LogP) is 7.79. The number of likely N-dealkylation sites (N-methyl/N-ethyl adjacent to an activating group) is 1. The maximum atomic E-state index is 13.8. The monoisotopic (exact) mass is 779 g/mol. The number of carboxylic acid groups (broad SMARTS) is 1. The van der Waals surface area contributed by atoms with Gasteiger partial charge in [0.2, 0.25) is 5.95 Å². The summed E-state index contributed by atoms with van der Waals surface area (Å²) in [7, 11) is 0. The number of nitrogens with one attached hydrogen (secondary N) is 2. The Hall–Kier alpha value is -5.63. The molecule has 3 aromatic heterocycles. The Labute approximate surface area is 335 Å². The molecule has 0 unspecified atom stereocenters. The molecule has 5 aromatic rings. The number of carbonyl (C=O) groups excluding carboxylic acids is 1. The molecular formula is C43H57N9O5. The lowest BCUT2D eigenvalue weighted by Gasteiger charge is -2.33. The Kier molecular flexibility index (Phi) is 13.3. The van der Waals surface area contributed by atoms with Gasteiger partial charge in [-0.1, -0.05) is 65.0 Å². The van der Waals surface area contributed by atoms with E-state index in [-0.39, 0.29) is 30.1 Å². The highest BCUT2D eigenvalue weighted by Crippen LogP contribution is 2.39. The molecule has 14 nitrogen and oxygen atoms in total. The molecule has 1 saturated heterocycles. The zero-order valence-electron chi connectivity index (χ0n) is 34.0. The molecule has 7 rings (SSSR count). The topological polar surface area (TPSA) is 151 Å². The number of benzene rings is 2. The first-order valence-corrected chi connectivity index (χ1v) is 20.1. The fourth-order valence-electron chi connectivity index (χ4n) is 7.59. The van der Waals surface area contributed by atoms with Gasteiger partial charge in [-0.2, -0.15) is 5.10 Å². The van der Waals surface area contributed by atoms with E-state index in [0.717, 1.165) is 97.5 Å². The maximum absolute atomic E-state index is 13.8. The Bertz CT molecular complexity index is 2100. The van der Waals surface area contributed by atoms with Crippen molar-refractivity contribution in [3.63, 3.8) is 0 Å². The molecule has 1 fully saturated rings. The normalized spacial score (nSPS) is 18.0. The number of ether oxygens (including phenoxy) is 2. The number of hydrogen-bond acceptors (Lipinski definition) is 9. The molecule has 304 valence electrons. The van der Waals surface area contributed by atoms with E-state index in [1.165, 1.54) is 6.42 Å². The smallest absolute Gasteiger partial charge is 0.320 e. The number of pyridine rings is 1. The number of aromatic nitrogens is 5. The van der Waals surface area contributed by atoms with Crippen LogP contribution in [0.25, 0.3) is 11.3 Å². The van der Waals surface area contributed by atoms with E-state index >= 15 is 0 Å². The van der Waals surface area contributed by atoms with Crippen molar-refractivity contribution in [2.45, 2.75) is 97.2 Å². The summed E-state index contributed by atoms with van der Waals surface area (Å²) in [6, 6.07) is 21.9. The lowest BCUT2D eigenvalue weighted by molar-refractivity contribution is -0.122. The Morgan fingerprint density at radius 1 is 0.965 bits per heavy atom. The van der Waals surface area contributed by atoms with Crippen LogP contribution < -0.4 is 25.0 Å². The van der Waals surface area contributed by atoms with Gasteiger partial charge in [0.15, 0.2) is 5.65 Å². The standard InChI is InChI=1S/C42H55N9O3.CH2O2/c1-7-48(8-2)24-25-53-31-16-13-15-30(26-31)51-39(27-37(47-51)42(4,5)6)44-40(52)43-35-20-21-36(34-18-10-9-17-33(34)35)54-32-19-22-38-45-46-41(50(38)28-32)49-23-12-11-14-29(49)3;2-1-3/h9-10,13,15-19,22,26-29,35-36H,7-8,11-12,14,20-21,23-25H2,1-6H3,(H2,43,44,52);1H,(H,2,3)/t29-,35-,36+;/m0./s1. The Morgan fingerprint density at radius 2 is 1.74 bits per heavy atom. The molecule has 1 aliphatic heterocycles. The van der Waals surface area contributed by atoms with Crippen molar-refractivity contribution in [1.29, 1.82) is 0 Å². The third kappa shape index (κ3) is 9.85. The summed E-state index contributed by atoms with van der Waals surface area (Å²) in [5.74, 6) is 2.98. The second-order valence-corrected chi connectivity index (χ2v) is 15.6. The van der Waals surface area contributed by atoms with Crippen molar-refractivity contribution in [3.8, 4) is 17.2 Å². The van der Waals surface area contributed by atoms with Crippen LogP contribution in [0, 0.1) is 0 Å². The molecule has 57 heavy (non-hydrogen) atoms. The lowest BCUT2D eigenvalue weighted by atomic mass is 9.85. The minimum atomic E-state index is -0.292. The summed E-state index contributed by atoms with van der Waals surface area (Å²) in [6.45, 7) is 17.1. The number of rotatable bonds is 12. The fraction of sp³-hybridized carbons (Fsp3) is 0.465. The molecule has 2 aliphatic rings. The molecule has 3 N–H and O–H groups in total. The second-order valence-electron chi connectivity index (χ2n) is 15.6. The number of piperidine rings is 1. The fourth-order valence-corrected chi connectivity index (χ4v) is 7.59. The van der Waals surface area contributed by atoms with Crippen LogP contribution in [0.4, 0.5) is 16.6 Å². The number of nitrogens with zero attached hydrogens (tertiary/aromatic N) is 7. The van der Waals surface area contributed by atoms with Crippen LogP contribution >= 0.6 is 0 Å². The number of amides is 2. The summed E-state index contributed by atoms with van der Waals surface area (Å²) < 4.78 is 16.7. The van der Waals surface area contributed by atoms with Crippen LogP contribution in [0.3, 0.4) is 0 Å². The van der Waals surface area contributed by atoms with Gasteiger partial charge in [-0.05, 0) is 87.5 Å². The number of urea groups is 1. The molecule has 14 heteroatoms. The molecule has 2 aromatic carbocycles. The molecule has 4 heterocycles. The van der Waals surface area contributed by atoms with E-state index in [0.29, 0.717) is 18.5 Å². The molecule has 1 aliphatic carbocycles. The van der Waals surface area contributed by atoms with E-state index in [4.69, 9.17) is 24.5 Å². The first-order valence-electron chi connectivity index (χ1n) is 20.1. The summed E-state index contributed by atoms with van der Waals surface area (Å²) in [5, 5.41) is 27.2. The van der Waals surface area contributed by atoms with Gasteiger partial charge in [0, 0.05) is 36.7 Å². The van der Waals surface area contributed by atoms with E-state index in [9.17, 15) is 4.79 Å². The van der Waals surface area contributed by atoms with Crippen LogP contribution in [0.15, 0.2) is 72.9 Å². The first-order chi connectivity index (χ1) is 27.5. The summed E-state index contributed by atoms with van der Waals surface area (Å²) in [6.07, 6.45) is 6.86. The van der Waals surface area contributed by atoms with Gasteiger partial charge in [-0.15, -0.1) is 10.2 Å². The summed E-state index contributed by atoms with van der Waals surface area (Å²) in [4.78, 5) is 26.8. The largest absolute Gasteiger partial charge is 0.492 e. The number of hydrogen-bond donors (Lipinski definition) is 3. The number of anilines is 2. The van der Waals surface area contributed by atoms with Crippen LogP contribution in [0.2, 0.25) is 0 Å². The van der Waals surface area contributed by atoms with Gasteiger partial charge in [0.1, 0.15) is 30.0 Å². The van der Waals surface area contributed by atoms with Crippen molar-refractivity contribution in [2.75, 3.05) is 43.0 Å². The van der Waals surface area contributed by atoms with Crippen molar-refractivity contribution in [1.82, 2.24) is 34.6 Å². The van der Waals surface area contributed by atoms with Crippen LogP contribution in [-0.4, -0.2) is 85.7 Å². The van der Waals surface area contributed by atoms with Gasteiger partial charge < -0.3 is 29.7 Å². The predicted molar refractivity (Wildman–Crippen MR) is 222 cm³/mol. The Morgan fingerprint density at radius 3 is 2.47 bits per heavy atom. The minimum Gasteiger partial charge on any atom is -0.492 e. The molecule has 2 amide bonds. The average Bonchev–Trinajstić information content (AvgIpc) is 3.83. The lowest BCUT2D eigenvalue weighted by Crippen LogP contribution is -2.38. The third-order valence-electron chi connectivity index (χ3n) is 10.8. The minimum absolute atomic E-state index is 0.161. The zero-order valence-corrected chi connectivity index (χ0v) is 34.0. The van der Waals surface area contributed by atoms with E-state index in [1.807, 2.05) is 65.2 Å². The van der Waals surface area contributed by atoms with E-state index in [2.05, 4.69) is 84.3 Å². The van der Waals surface area contributed by atoms with Crippen molar-refractivity contribution >= 4 is 29.9 Å². The molecule has 0 bridgehead atoms. The van der Waals surface area contributed by atoms with Crippen molar-refractivity contribution in [3.05, 3.63) is 89.7 Å². The van der Waals surface area contributed by atoms with Gasteiger partial charge >= 0.3 is 6.03 Å². The molecule has 0 radical (unpaired) electrons. The molecular weight excluding hydrogens is 723 g/mol.